The van der Waals surface area contributed by atoms with Crippen LogP contribution in [0.25, 0.3) is 0 Å². The van der Waals surface area contributed by atoms with Gasteiger partial charge in [-0.2, -0.15) is 0 Å². The summed E-state index contributed by atoms with van der Waals surface area (Å²) in [5.41, 5.74) is 12.1. The van der Waals surface area contributed by atoms with Crippen LogP contribution in [0.1, 0.15) is 22.9 Å². The van der Waals surface area contributed by atoms with Crippen molar-refractivity contribution in [1.29, 1.82) is 0 Å². The highest BCUT2D eigenvalue weighted by Crippen LogP contribution is 2.22. The molecule has 25 heavy (non-hydrogen) atoms. The Morgan fingerprint density at radius 3 is 2.48 bits per heavy atom. The topological polar surface area (TPSA) is 101 Å². The fraction of sp³-hybridized carbons (Fsp3) is 0.333. The third-order valence-corrected chi connectivity index (χ3v) is 4.83. The van der Waals surface area contributed by atoms with Crippen LogP contribution < -0.4 is 16.8 Å². The molecule has 0 radical (unpaired) electrons. The van der Waals surface area contributed by atoms with Crippen LogP contribution >= 0.6 is 11.3 Å². The van der Waals surface area contributed by atoms with Gasteiger partial charge in [0.25, 0.3) is 0 Å². The third-order valence-electron chi connectivity index (χ3n) is 3.85. The maximum atomic E-state index is 12.7. The van der Waals surface area contributed by atoms with Crippen LogP contribution in [0.3, 0.4) is 0 Å². The fourth-order valence-corrected chi connectivity index (χ4v) is 3.39. The summed E-state index contributed by atoms with van der Waals surface area (Å²) in [5.74, 6) is -0.0477. The summed E-state index contributed by atoms with van der Waals surface area (Å²) in [6.07, 6.45) is 0.928. The standard InChI is InChI=1S/C18H24N4O2S/c19-9-11-22(10-8-14-5-2-1-3-6-14)17(23)13-15(21-18(20)24)16-7-4-12-25-16/h1-7,12,15H,8-11,13,19H2,(H3,20,21,24). The molecule has 134 valence electrons. The summed E-state index contributed by atoms with van der Waals surface area (Å²) in [4.78, 5) is 26.6. The fourth-order valence-electron chi connectivity index (χ4n) is 2.61. The molecule has 7 heteroatoms. The van der Waals surface area contributed by atoms with Gasteiger partial charge in [-0.05, 0) is 23.4 Å². The van der Waals surface area contributed by atoms with E-state index in [1.807, 2.05) is 47.8 Å². The van der Waals surface area contributed by atoms with Crippen LogP contribution in [0.5, 0.6) is 0 Å². The number of carbonyl (C=O) groups excluding carboxylic acids is 2. The maximum absolute atomic E-state index is 12.7. The Bertz CT molecular complexity index is 661. The number of hydrogen-bond donors (Lipinski definition) is 3. The third kappa shape index (κ3) is 6.21. The molecule has 0 saturated heterocycles. The molecule has 0 aliphatic rings. The monoisotopic (exact) mass is 360 g/mol. The molecule has 1 heterocycles. The second-order valence-corrected chi connectivity index (χ2v) is 6.67. The number of nitrogens with one attached hydrogen (secondary N) is 1. The van der Waals surface area contributed by atoms with E-state index in [1.165, 1.54) is 16.9 Å². The zero-order valence-electron chi connectivity index (χ0n) is 14.1. The van der Waals surface area contributed by atoms with Gasteiger partial charge in [0.1, 0.15) is 0 Å². The lowest BCUT2D eigenvalue weighted by Crippen LogP contribution is -2.40. The van der Waals surface area contributed by atoms with Crippen molar-refractivity contribution < 1.29 is 9.59 Å². The molecule has 1 aromatic carbocycles. The minimum atomic E-state index is -0.638. The molecule has 0 aliphatic heterocycles. The minimum absolute atomic E-state index is 0.0477. The minimum Gasteiger partial charge on any atom is -0.352 e. The number of primary amides is 1. The zero-order valence-corrected chi connectivity index (χ0v) is 14.9. The first kappa shape index (κ1) is 19.0. The lowest BCUT2D eigenvalue weighted by molar-refractivity contribution is -0.131. The molecule has 0 fully saturated rings. The van der Waals surface area contributed by atoms with Crippen molar-refractivity contribution in [2.45, 2.75) is 18.9 Å². The number of carbonyl (C=O) groups is 2. The molecule has 6 nitrogen and oxygen atoms in total. The lowest BCUT2D eigenvalue weighted by atomic mass is 10.1. The quantitative estimate of drug-likeness (QED) is 0.636. The van der Waals surface area contributed by atoms with Crippen molar-refractivity contribution in [1.82, 2.24) is 10.2 Å². The summed E-state index contributed by atoms with van der Waals surface area (Å²) in [5, 5.41) is 4.56. The first-order chi connectivity index (χ1) is 12.1. The smallest absolute Gasteiger partial charge is 0.312 e. The Morgan fingerprint density at radius 2 is 1.88 bits per heavy atom. The van der Waals surface area contributed by atoms with Gasteiger partial charge in [-0.15, -0.1) is 11.3 Å². The Balaban J connectivity index is 2.00. The van der Waals surface area contributed by atoms with E-state index in [1.54, 1.807) is 4.90 Å². The Morgan fingerprint density at radius 1 is 1.12 bits per heavy atom. The highest BCUT2D eigenvalue weighted by Gasteiger charge is 2.22. The number of rotatable bonds is 9. The summed E-state index contributed by atoms with van der Waals surface area (Å²) in [6.45, 7) is 1.47. The van der Waals surface area contributed by atoms with Gasteiger partial charge >= 0.3 is 6.03 Å². The molecular formula is C18H24N4O2S. The highest BCUT2D eigenvalue weighted by atomic mass is 32.1. The number of hydrogen-bond acceptors (Lipinski definition) is 4. The molecule has 0 spiro atoms. The van der Waals surface area contributed by atoms with Gasteiger partial charge < -0.3 is 21.7 Å². The number of nitrogens with zero attached hydrogens (tertiary/aromatic N) is 1. The van der Waals surface area contributed by atoms with E-state index in [2.05, 4.69) is 5.32 Å². The van der Waals surface area contributed by atoms with Crippen molar-refractivity contribution in [3.63, 3.8) is 0 Å². The van der Waals surface area contributed by atoms with Crippen LogP contribution in [0.15, 0.2) is 47.8 Å². The molecule has 0 aliphatic carbocycles. The number of thiophene rings is 1. The number of amides is 3. The normalized spacial score (nSPS) is 11.7. The Hall–Kier alpha value is -2.38. The van der Waals surface area contributed by atoms with Crippen LogP contribution in [0, 0.1) is 0 Å². The van der Waals surface area contributed by atoms with Crippen molar-refractivity contribution >= 4 is 23.3 Å². The van der Waals surface area contributed by atoms with Gasteiger partial charge in [0.15, 0.2) is 0 Å². The van der Waals surface area contributed by atoms with Gasteiger partial charge in [0.05, 0.1) is 12.5 Å². The molecule has 3 amide bonds. The van der Waals surface area contributed by atoms with Crippen LogP contribution in [0.4, 0.5) is 4.79 Å². The zero-order chi connectivity index (χ0) is 18.1. The summed E-state index contributed by atoms with van der Waals surface area (Å²) >= 11 is 1.48. The number of urea groups is 1. The van der Waals surface area contributed by atoms with Gasteiger partial charge in [-0.3, -0.25) is 4.79 Å². The number of benzene rings is 1. The van der Waals surface area contributed by atoms with E-state index in [0.717, 1.165) is 11.3 Å². The van der Waals surface area contributed by atoms with Crippen molar-refractivity contribution in [3.05, 3.63) is 58.3 Å². The van der Waals surface area contributed by atoms with E-state index in [9.17, 15) is 9.59 Å². The van der Waals surface area contributed by atoms with Crippen LogP contribution in [-0.2, 0) is 11.2 Å². The van der Waals surface area contributed by atoms with Crippen LogP contribution in [-0.4, -0.2) is 36.5 Å². The molecular weight excluding hydrogens is 336 g/mol. The summed E-state index contributed by atoms with van der Waals surface area (Å²) in [6, 6.07) is 12.7. The second-order valence-electron chi connectivity index (χ2n) is 5.69. The Kier molecular flexibility index (Phi) is 7.43. The average molecular weight is 360 g/mol. The summed E-state index contributed by atoms with van der Waals surface area (Å²) < 4.78 is 0. The predicted molar refractivity (Wildman–Crippen MR) is 100 cm³/mol. The van der Waals surface area contributed by atoms with Gasteiger partial charge in [0.2, 0.25) is 5.91 Å². The second kappa shape index (κ2) is 9.80. The molecule has 2 aromatic rings. The highest BCUT2D eigenvalue weighted by molar-refractivity contribution is 7.10. The number of nitrogens with two attached hydrogens (primary N) is 2. The van der Waals surface area contributed by atoms with Crippen molar-refractivity contribution in [2.24, 2.45) is 11.5 Å². The SMILES string of the molecule is NCCN(CCc1ccccc1)C(=O)CC(NC(N)=O)c1cccs1. The van der Waals surface area contributed by atoms with E-state index in [-0.39, 0.29) is 12.3 Å². The average Bonchev–Trinajstić information content (AvgIpc) is 3.13. The van der Waals surface area contributed by atoms with E-state index in [0.29, 0.717) is 19.6 Å². The molecule has 1 aromatic heterocycles. The van der Waals surface area contributed by atoms with Gasteiger partial charge in [-0.1, -0.05) is 36.4 Å². The molecule has 2 rings (SSSR count). The van der Waals surface area contributed by atoms with E-state index >= 15 is 0 Å². The maximum Gasteiger partial charge on any atom is 0.312 e. The van der Waals surface area contributed by atoms with Crippen LogP contribution in [0.2, 0.25) is 0 Å². The van der Waals surface area contributed by atoms with Crippen molar-refractivity contribution in [3.8, 4) is 0 Å². The predicted octanol–water partition coefficient (Wildman–Crippen LogP) is 1.88. The molecule has 5 N–H and O–H groups in total. The van der Waals surface area contributed by atoms with Gasteiger partial charge in [-0.25, -0.2) is 4.79 Å². The Labute approximate surface area is 151 Å². The summed E-state index contributed by atoms with van der Waals surface area (Å²) in [7, 11) is 0. The van der Waals surface area contributed by atoms with Crippen molar-refractivity contribution in [2.75, 3.05) is 19.6 Å². The van der Waals surface area contributed by atoms with E-state index < -0.39 is 12.1 Å². The molecule has 1 atom stereocenters. The first-order valence-electron chi connectivity index (χ1n) is 8.21. The molecule has 0 bridgehead atoms. The molecule has 1 unspecified atom stereocenters. The molecule has 0 saturated carbocycles. The lowest BCUT2D eigenvalue weighted by Gasteiger charge is -2.25. The first-order valence-corrected chi connectivity index (χ1v) is 9.09. The van der Waals surface area contributed by atoms with E-state index in [4.69, 9.17) is 11.5 Å². The largest absolute Gasteiger partial charge is 0.352 e. The van der Waals surface area contributed by atoms with Gasteiger partial charge in [0, 0.05) is 24.5 Å².